The normalized spacial score (nSPS) is 13.8. The van der Waals surface area contributed by atoms with Crippen molar-refractivity contribution in [1.29, 1.82) is 5.41 Å². The summed E-state index contributed by atoms with van der Waals surface area (Å²) >= 11 is 4.45. The number of rotatable bonds is 13. The fourth-order valence-corrected chi connectivity index (χ4v) is 4.16. The molecule has 156 valence electrons. The van der Waals surface area contributed by atoms with E-state index in [2.05, 4.69) is 65.1 Å². The molecule has 0 aliphatic heterocycles. The summed E-state index contributed by atoms with van der Waals surface area (Å²) in [6.07, 6.45) is 2.75. The van der Waals surface area contributed by atoms with Gasteiger partial charge in [-0.15, -0.1) is 0 Å². The lowest BCUT2D eigenvalue weighted by molar-refractivity contribution is 0.456. The van der Waals surface area contributed by atoms with Crippen molar-refractivity contribution in [2.75, 3.05) is 24.1 Å². The Morgan fingerprint density at radius 2 is 1.93 bits per heavy atom. The number of halogens is 2. The molecule has 1 aromatic carbocycles. The first-order valence-corrected chi connectivity index (χ1v) is 12.5. The van der Waals surface area contributed by atoms with Gasteiger partial charge in [-0.25, -0.2) is 4.99 Å². The Balaban J connectivity index is 3.19. The third-order valence-corrected chi connectivity index (χ3v) is 5.45. The number of hydrogen-bond acceptors (Lipinski definition) is 4. The van der Waals surface area contributed by atoms with Crippen molar-refractivity contribution in [1.82, 2.24) is 10.6 Å². The molecule has 0 aliphatic carbocycles. The predicted octanol–water partition coefficient (Wildman–Crippen LogP) is 4.63. The quantitative estimate of drug-likeness (QED) is 0.0866. The van der Waals surface area contributed by atoms with E-state index in [4.69, 9.17) is 11.1 Å². The number of aryl methyl sites for hydroxylation is 1. The molecule has 1 atom stereocenters. The summed E-state index contributed by atoms with van der Waals surface area (Å²) in [4.78, 5) is 4.55. The van der Waals surface area contributed by atoms with Gasteiger partial charge in [-0.1, -0.05) is 67.6 Å². The molecule has 5 N–H and O–H groups in total. The molecule has 0 heterocycles. The van der Waals surface area contributed by atoms with Crippen molar-refractivity contribution in [3.8, 4) is 0 Å². The predicted molar refractivity (Wildman–Crippen MR) is 139 cm³/mol. The zero-order chi connectivity index (χ0) is 20.9. The highest BCUT2D eigenvalue weighted by Crippen LogP contribution is 2.20. The highest BCUT2D eigenvalue weighted by atomic mass is 127. The van der Waals surface area contributed by atoms with Crippen LogP contribution in [0.3, 0.4) is 0 Å². The van der Waals surface area contributed by atoms with Gasteiger partial charge in [0.25, 0.3) is 0 Å². The van der Waals surface area contributed by atoms with Gasteiger partial charge in [0.05, 0.1) is 5.71 Å². The van der Waals surface area contributed by atoms with Crippen LogP contribution >= 0.6 is 45.2 Å². The molecular formula is C21H33I2N5. The van der Waals surface area contributed by atoms with Crippen LogP contribution in [-0.4, -0.2) is 33.6 Å². The van der Waals surface area contributed by atoms with E-state index in [1.54, 1.807) is 0 Å². The van der Waals surface area contributed by atoms with Crippen LogP contribution in [0.5, 0.6) is 0 Å². The van der Waals surface area contributed by atoms with Crippen molar-refractivity contribution >= 4 is 54.7 Å². The standard InChI is InChI=1S/C21H33I2N5/c1-4-16-9-7-8-10-18(16)19(24)17(5-2)20(28-21(23)25)27-14-15(11-12-22)13-26-6-3/h7-10,15,24,26-27H,4-6,11-14H2,1-3H3,(H2,25,28)/b20-17-,24-19?. The highest BCUT2D eigenvalue weighted by molar-refractivity contribution is 14.1. The maximum Gasteiger partial charge on any atom is 0.164 e. The minimum Gasteiger partial charge on any atom is -0.379 e. The average Bonchev–Trinajstić information content (AvgIpc) is 2.69. The van der Waals surface area contributed by atoms with Gasteiger partial charge in [0.15, 0.2) is 3.84 Å². The number of nitrogens with zero attached hydrogens (tertiary/aromatic N) is 1. The zero-order valence-electron chi connectivity index (χ0n) is 17.1. The molecule has 1 aromatic rings. The van der Waals surface area contributed by atoms with E-state index < -0.39 is 0 Å². The van der Waals surface area contributed by atoms with Crippen LogP contribution in [0, 0.1) is 11.3 Å². The number of hydrogen-bond donors (Lipinski definition) is 4. The van der Waals surface area contributed by atoms with Crippen molar-refractivity contribution in [3.63, 3.8) is 0 Å². The molecule has 7 heteroatoms. The molecule has 1 rings (SSSR count). The first-order chi connectivity index (χ1) is 13.5. The summed E-state index contributed by atoms with van der Waals surface area (Å²) in [6, 6.07) is 8.13. The Morgan fingerprint density at radius 1 is 1.21 bits per heavy atom. The molecule has 0 saturated heterocycles. The fraction of sp³-hybridized carbons (Fsp3) is 0.524. The highest BCUT2D eigenvalue weighted by Gasteiger charge is 2.16. The molecule has 0 aromatic heterocycles. The van der Waals surface area contributed by atoms with Crippen molar-refractivity contribution in [2.24, 2.45) is 16.6 Å². The van der Waals surface area contributed by atoms with E-state index >= 15 is 0 Å². The van der Waals surface area contributed by atoms with E-state index in [1.807, 2.05) is 40.8 Å². The van der Waals surface area contributed by atoms with Crippen LogP contribution < -0.4 is 16.4 Å². The molecule has 0 bridgehead atoms. The molecule has 0 fully saturated rings. The average molecular weight is 609 g/mol. The van der Waals surface area contributed by atoms with Gasteiger partial charge in [-0.2, -0.15) is 0 Å². The van der Waals surface area contributed by atoms with Gasteiger partial charge in [0.1, 0.15) is 5.82 Å². The number of alkyl halides is 1. The smallest absolute Gasteiger partial charge is 0.164 e. The molecular weight excluding hydrogens is 576 g/mol. The van der Waals surface area contributed by atoms with E-state index in [-0.39, 0.29) is 0 Å². The second kappa shape index (κ2) is 14.3. The van der Waals surface area contributed by atoms with Gasteiger partial charge in [0.2, 0.25) is 0 Å². The second-order valence-corrected chi connectivity index (χ2v) is 8.72. The number of nitrogens with one attached hydrogen (secondary N) is 3. The summed E-state index contributed by atoms with van der Waals surface area (Å²) in [6.45, 7) is 9.07. The van der Waals surface area contributed by atoms with Gasteiger partial charge < -0.3 is 16.4 Å². The maximum absolute atomic E-state index is 8.86. The molecule has 0 amide bonds. The van der Waals surface area contributed by atoms with Crippen molar-refractivity contribution in [3.05, 3.63) is 46.8 Å². The van der Waals surface area contributed by atoms with Gasteiger partial charge >= 0.3 is 0 Å². The number of amidine groups is 1. The summed E-state index contributed by atoms with van der Waals surface area (Å²) in [5.41, 5.74) is 9.49. The summed E-state index contributed by atoms with van der Waals surface area (Å²) in [5.74, 6) is 1.23. The number of benzene rings is 1. The summed E-state index contributed by atoms with van der Waals surface area (Å²) < 4.78 is 1.59. The van der Waals surface area contributed by atoms with Gasteiger partial charge in [-0.3, -0.25) is 5.41 Å². The largest absolute Gasteiger partial charge is 0.379 e. The Hall–Kier alpha value is -0.680. The second-order valence-electron chi connectivity index (χ2n) is 6.53. The lowest BCUT2D eigenvalue weighted by Gasteiger charge is -2.20. The zero-order valence-corrected chi connectivity index (χ0v) is 21.4. The first kappa shape index (κ1) is 25.4. The molecule has 0 radical (unpaired) electrons. The fourth-order valence-electron chi connectivity index (χ4n) is 3.04. The number of nitrogens with two attached hydrogens (primary N) is 1. The minimum absolute atomic E-state index is 0.472. The summed E-state index contributed by atoms with van der Waals surface area (Å²) in [7, 11) is 0. The Bertz CT molecular complexity index is 681. The third kappa shape index (κ3) is 8.36. The number of allylic oxidation sites excluding steroid dienone is 1. The maximum atomic E-state index is 8.86. The monoisotopic (exact) mass is 609 g/mol. The van der Waals surface area contributed by atoms with Crippen molar-refractivity contribution < 1.29 is 0 Å². The third-order valence-electron chi connectivity index (χ3n) is 4.59. The summed E-state index contributed by atoms with van der Waals surface area (Å²) in [5, 5.41) is 15.8. The van der Waals surface area contributed by atoms with Crippen LogP contribution in [0.4, 0.5) is 0 Å². The number of aliphatic imine (C=N–C) groups is 1. The Labute approximate surface area is 197 Å². The van der Waals surface area contributed by atoms with Crippen LogP contribution in [-0.2, 0) is 6.42 Å². The Kier molecular flexibility index (Phi) is 13.0. The molecule has 0 saturated carbocycles. The molecule has 1 unspecified atom stereocenters. The molecule has 0 spiro atoms. The van der Waals surface area contributed by atoms with E-state index in [0.717, 1.165) is 60.3 Å². The van der Waals surface area contributed by atoms with Gasteiger partial charge in [-0.05, 0) is 70.9 Å². The van der Waals surface area contributed by atoms with Crippen LogP contribution in [0.25, 0.3) is 0 Å². The Morgan fingerprint density at radius 3 is 2.50 bits per heavy atom. The molecule has 0 aliphatic rings. The SMILES string of the molecule is CCNCC(CCI)CNC(/N=C(/N)I)=C(\CC)C(=N)c1ccccc1CC. The van der Waals surface area contributed by atoms with Crippen LogP contribution in [0.15, 0.2) is 40.7 Å². The van der Waals surface area contributed by atoms with E-state index in [1.165, 1.54) is 5.56 Å². The molecule has 5 nitrogen and oxygen atoms in total. The first-order valence-electron chi connectivity index (χ1n) is 9.88. The van der Waals surface area contributed by atoms with E-state index in [0.29, 0.717) is 15.5 Å². The topological polar surface area (TPSA) is 86.3 Å². The van der Waals surface area contributed by atoms with Crippen LogP contribution in [0.2, 0.25) is 0 Å². The molecule has 28 heavy (non-hydrogen) atoms. The lowest BCUT2D eigenvalue weighted by Crippen LogP contribution is -2.32. The lowest BCUT2D eigenvalue weighted by atomic mass is 9.94. The van der Waals surface area contributed by atoms with Gasteiger partial charge in [0, 0.05) is 17.7 Å². The van der Waals surface area contributed by atoms with Crippen LogP contribution in [0.1, 0.15) is 44.7 Å². The van der Waals surface area contributed by atoms with Crippen molar-refractivity contribution in [2.45, 2.75) is 40.0 Å². The minimum atomic E-state index is 0.472. The van der Waals surface area contributed by atoms with E-state index in [9.17, 15) is 0 Å².